The summed E-state index contributed by atoms with van der Waals surface area (Å²) in [5.74, 6) is 1.18. The van der Waals surface area contributed by atoms with Crippen LogP contribution in [0, 0.1) is 0 Å². The number of rotatable bonds is 1. The molecule has 0 fully saturated rings. The zero-order valence-corrected chi connectivity index (χ0v) is 13.4. The highest BCUT2D eigenvalue weighted by Crippen LogP contribution is 2.37. The van der Waals surface area contributed by atoms with Gasteiger partial charge in [-0.15, -0.1) is 10.2 Å². The Morgan fingerprint density at radius 3 is 2.56 bits per heavy atom. The average Bonchev–Trinajstić information content (AvgIpc) is 2.99. The predicted molar refractivity (Wildman–Crippen MR) is 88.7 cm³/mol. The van der Waals surface area contributed by atoms with E-state index < -0.39 is 11.7 Å². The third kappa shape index (κ3) is 2.65. The second-order valence-electron chi connectivity index (χ2n) is 6.09. The molecule has 0 aliphatic carbocycles. The van der Waals surface area contributed by atoms with Gasteiger partial charge in [-0.2, -0.15) is 13.2 Å². The van der Waals surface area contributed by atoms with Crippen LogP contribution in [0.5, 0.6) is 0 Å². The molecule has 0 unspecified atom stereocenters. The van der Waals surface area contributed by atoms with Crippen molar-refractivity contribution in [3.63, 3.8) is 0 Å². The van der Waals surface area contributed by atoms with E-state index in [4.69, 9.17) is 0 Å². The van der Waals surface area contributed by atoms with Crippen LogP contribution in [0.3, 0.4) is 0 Å². The highest BCUT2D eigenvalue weighted by Gasteiger charge is 2.33. The molecule has 3 aromatic rings. The van der Waals surface area contributed by atoms with Crippen LogP contribution in [0.2, 0.25) is 0 Å². The Morgan fingerprint density at radius 2 is 1.84 bits per heavy atom. The molecule has 1 aliphatic rings. The lowest BCUT2D eigenvalue weighted by atomic mass is 10.1. The van der Waals surface area contributed by atoms with E-state index in [2.05, 4.69) is 15.5 Å². The third-order valence-corrected chi connectivity index (χ3v) is 4.33. The number of nitrogens with zero attached hydrogens (tertiary/aromatic N) is 3. The first-order chi connectivity index (χ1) is 11.9. The van der Waals surface area contributed by atoms with Gasteiger partial charge in [-0.25, -0.2) is 0 Å². The number of hydrogen-bond donors (Lipinski definition) is 1. The summed E-state index contributed by atoms with van der Waals surface area (Å²) in [4.78, 5) is 0. The van der Waals surface area contributed by atoms with Gasteiger partial charge in [-0.05, 0) is 18.2 Å². The second kappa shape index (κ2) is 5.61. The van der Waals surface area contributed by atoms with Gasteiger partial charge in [-0.3, -0.25) is 4.57 Å². The molecule has 128 valence electrons. The van der Waals surface area contributed by atoms with E-state index >= 15 is 0 Å². The maximum Gasteiger partial charge on any atom is 0.416 e. The molecule has 1 aromatic heterocycles. The lowest BCUT2D eigenvalue weighted by molar-refractivity contribution is -0.137. The highest BCUT2D eigenvalue weighted by atomic mass is 19.4. The van der Waals surface area contributed by atoms with Crippen molar-refractivity contribution in [2.24, 2.45) is 0 Å². The summed E-state index contributed by atoms with van der Waals surface area (Å²) in [6.45, 7) is 2.55. The lowest BCUT2D eigenvalue weighted by Crippen LogP contribution is -2.09. The van der Waals surface area contributed by atoms with Gasteiger partial charge in [-0.1, -0.05) is 37.3 Å². The highest BCUT2D eigenvalue weighted by molar-refractivity contribution is 5.69. The summed E-state index contributed by atoms with van der Waals surface area (Å²) in [7, 11) is 0. The molecule has 1 N–H and O–H groups in total. The number of fused-ring (bicyclic) bond motifs is 3. The van der Waals surface area contributed by atoms with Crippen LogP contribution in [0.1, 0.15) is 24.2 Å². The van der Waals surface area contributed by atoms with Crippen molar-refractivity contribution in [2.45, 2.75) is 19.0 Å². The molecule has 4 rings (SSSR count). The van der Waals surface area contributed by atoms with E-state index in [-0.39, 0.29) is 5.92 Å². The molecular weight excluding hydrogens is 329 g/mol. The number of anilines is 1. The van der Waals surface area contributed by atoms with Gasteiger partial charge < -0.3 is 5.32 Å². The molecule has 0 radical (unpaired) electrons. The van der Waals surface area contributed by atoms with Crippen molar-refractivity contribution in [2.75, 3.05) is 11.9 Å². The molecule has 0 bridgehead atoms. The Labute approximate surface area is 142 Å². The first-order valence-electron chi connectivity index (χ1n) is 7.91. The third-order valence-electron chi connectivity index (χ3n) is 4.33. The number of halogens is 3. The Kier molecular flexibility index (Phi) is 3.52. The van der Waals surface area contributed by atoms with Gasteiger partial charge in [0, 0.05) is 18.0 Å². The molecule has 0 spiro atoms. The molecular formula is C18H15F3N4. The van der Waals surface area contributed by atoms with Crippen molar-refractivity contribution in [1.82, 2.24) is 14.8 Å². The van der Waals surface area contributed by atoms with Crippen LogP contribution >= 0.6 is 0 Å². The van der Waals surface area contributed by atoms with E-state index in [9.17, 15) is 13.2 Å². The zero-order valence-electron chi connectivity index (χ0n) is 13.4. The molecule has 0 saturated heterocycles. The summed E-state index contributed by atoms with van der Waals surface area (Å²) in [6, 6.07) is 13.1. The van der Waals surface area contributed by atoms with E-state index in [1.165, 1.54) is 6.07 Å². The minimum absolute atomic E-state index is 0.00620. The van der Waals surface area contributed by atoms with E-state index in [0.717, 1.165) is 17.7 Å². The quantitative estimate of drug-likeness (QED) is 0.708. The Balaban J connectivity index is 1.99. The van der Waals surface area contributed by atoms with E-state index in [1.807, 2.05) is 37.3 Å². The van der Waals surface area contributed by atoms with Crippen LogP contribution in [-0.4, -0.2) is 21.3 Å². The number of aromatic nitrogens is 3. The molecule has 0 saturated carbocycles. The summed E-state index contributed by atoms with van der Waals surface area (Å²) in [5.41, 5.74) is 1.16. The van der Waals surface area contributed by atoms with Crippen LogP contribution in [0.15, 0.2) is 48.5 Å². The fraction of sp³-hybridized carbons (Fsp3) is 0.222. The van der Waals surface area contributed by atoms with Gasteiger partial charge in [0.2, 0.25) is 0 Å². The first kappa shape index (κ1) is 15.7. The van der Waals surface area contributed by atoms with Gasteiger partial charge >= 0.3 is 6.18 Å². The van der Waals surface area contributed by atoms with Crippen molar-refractivity contribution >= 4 is 5.69 Å². The van der Waals surface area contributed by atoms with E-state index in [0.29, 0.717) is 29.6 Å². The maximum atomic E-state index is 13.2. The monoisotopic (exact) mass is 344 g/mol. The lowest BCUT2D eigenvalue weighted by Gasteiger charge is -2.15. The molecule has 7 heteroatoms. The Hall–Kier alpha value is -2.83. The number of hydrogen-bond acceptors (Lipinski definition) is 3. The molecule has 25 heavy (non-hydrogen) atoms. The predicted octanol–water partition coefficient (Wildman–Crippen LogP) is 4.48. The van der Waals surface area contributed by atoms with Crippen LogP contribution in [0.25, 0.3) is 17.1 Å². The number of nitrogens with one attached hydrogen (secondary N) is 1. The zero-order chi connectivity index (χ0) is 17.6. The van der Waals surface area contributed by atoms with Gasteiger partial charge in [0.25, 0.3) is 0 Å². The molecule has 2 aromatic carbocycles. The average molecular weight is 344 g/mol. The van der Waals surface area contributed by atoms with Crippen molar-refractivity contribution < 1.29 is 13.2 Å². The standard InChI is InChI=1S/C18H15F3N4/c1-11-10-22-14-8-7-13(18(19,20)21)9-15(14)25-16(11)23-24-17(25)12-5-3-2-4-6-12/h2-9,11,22H,10H2,1H3/t11-/m1/s1. The number of alkyl halides is 3. The van der Waals surface area contributed by atoms with Gasteiger partial charge in [0.1, 0.15) is 5.82 Å². The SMILES string of the molecule is C[C@@H]1CNc2ccc(C(F)(F)F)cc2-n2c(-c3ccccc3)nnc21. The van der Waals surface area contributed by atoms with Crippen LogP contribution in [-0.2, 0) is 6.18 Å². The second-order valence-corrected chi connectivity index (χ2v) is 6.09. The summed E-state index contributed by atoms with van der Waals surface area (Å²) in [5, 5.41) is 11.7. The molecule has 2 heterocycles. The van der Waals surface area contributed by atoms with Crippen molar-refractivity contribution in [3.8, 4) is 17.1 Å². The topological polar surface area (TPSA) is 42.7 Å². The normalized spacial score (nSPS) is 16.6. The summed E-state index contributed by atoms with van der Waals surface area (Å²) >= 11 is 0. The number of benzene rings is 2. The summed E-state index contributed by atoms with van der Waals surface area (Å²) in [6.07, 6.45) is -4.41. The first-order valence-corrected chi connectivity index (χ1v) is 7.91. The van der Waals surface area contributed by atoms with Gasteiger partial charge in [0.05, 0.1) is 16.9 Å². The molecule has 4 nitrogen and oxygen atoms in total. The Morgan fingerprint density at radius 1 is 1.08 bits per heavy atom. The fourth-order valence-electron chi connectivity index (χ4n) is 3.02. The van der Waals surface area contributed by atoms with Crippen LogP contribution < -0.4 is 5.32 Å². The molecule has 1 atom stereocenters. The van der Waals surface area contributed by atoms with E-state index in [1.54, 1.807) is 4.57 Å². The minimum atomic E-state index is -4.41. The molecule has 1 aliphatic heterocycles. The minimum Gasteiger partial charge on any atom is -0.383 e. The van der Waals surface area contributed by atoms with Crippen molar-refractivity contribution in [1.29, 1.82) is 0 Å². The Bertz CT molecular complexity index is 916. The smallest absolute Gasteiger partial charge is 0.383 e. The molecule has 0 amide bonds. The summed E-state index contributed by atoms with van der Waals surface area (Å²) < 4.78 is 41.3. The maximum absolute atomic E-state index is 13.2. The fourth-order valence-corrected chi connectivity index (χ4v) is 3.02. The van der Waals surface area contributed by atoms with Gasteiger partial charge in [0.15, 0.2) is 5.82 Å². The largest absolute Gasteiger partial charge is 0.416 e. The van der Waals surface area contributed by atoms with Crippen LogP contribution in [0.4, 0.5) is 18.9 Å². The van der Waals surface area contributed by atoms with Crippen molar-refractivity contribution in [3.05, 3.63) is 59.9 Å².